The summed E-state index contributed by atoms with van der Waals surface area (Å²) < 4.78 is 63.9. The SMILES string of the molecule is COc1ccc(OC(=O)N(C)[C@](CCCN2CCC3(CC2)c2ccccc2CS3=O)(CN(C)C(=O)CC(F)(F)F)c2ccc(Cl)c(Cl)c2)cc1. The molecule has 270 valence electrons. The van der Waals surface area contributed by atoms with Crippen LogP contribution < -0.4 is 9.47 Å². The van der Waals surface area contributed by atoms with Crippen molar-refractivity contribution in [3.8, 4) is 11.5 Å². The monoisotopic (exact) mass is 753 g/mol. The topological polar surface area (TPSA) is 79.4 Å². The van der Waals surface area contributed by atoms with Crippen molar-refractivity contribution < 1.29 is 36.4 Å². The Kier molecular flexibility index (Phi) is 11.8. The molecule has 14 heteroatoms. The summed E-state index contributed by atoms with van der Waals surface area (Å²) in [7, 11) is 3.28. The van der Waals surface area contributed by atoms with Crippen LogP contribution in [0.25, 0.3) is 0 Å². The van der Waals surface area contributed by atoms with Crippen molar-refractivity contribution in [3.05, 3.63) is 93.5 Å². The van der Waals surface area contributed by atoms with Crippen molar-refractivity contribution >= 4 is 46.0 Å². The summed E-state index contributed by atoms with van der Waals surface area (Å²) in [4.78, 5) is 31.3. The van der Waals surface area contributed by atoms with Gasteiger partial charge in [-0.05, 0) is 98.4 Å². The van der Waals surface area contributed by atoms with E-state index in [4.69, 9.17) is 32.7 Å². The van der Waals surface area contributed by atoms with E-state index in [1.165, 1.54) is 31.7 Å². The van der Waals surface area contributed by atoms with Gasteiger partial charge in [-0.15, -0.1) is 0 Å². The third-order valence-corrected chi connectivity index (χ3v) is 12.7. The first-order chi connectivity index (χ1) is 23.7. The molecule has 1 fully saturated rings. The maximum atomic E-state index is 13.8. The number of nitrogens with zero attached hydrogens (tertiary/aromatic N) is 3. The lowest BCUT2D eigenvalue weighted by atomic mass is 9.82. The minimum Gasteiger partial charge on any atom is -0.497 e. The Bertz CT molecular complexity index is 1720. The van der Waals surface area contributed by atoms with Crippen LogP contribution in [0, 0.1) is 0 Å². The standard InChI is InChI=1S/C36H40Cl2F3N3O5S/c1-42(32(45)22-36(39,40)41)24-34(26-9-14-30(37)31(38)21-26,43(2)33(46)49-28-12-10-27(48-3)11-13-28)15-6-18-44-19-16-35(17-20-44)29-8-5-4-7-25(29)23-50(35)47/h4-5,7-14,21H,6,15-20,22-24H2,1-3H3/t34-,50?/m1/s1. The first kappa shape index (κ1) is 37.9. The largest absolute Gasteiger partial charge is 0.497 e. The second-order valence-electron chi connectivity index (χ2n) is 12.9. The number of methoxy groups -OCH3 is 1. The molecule has 50 heavy (non-hydrogen) atoms. The number of benzene rings is 3. The number of alkyl halides is 3. The smallest absolute Gasteiger partial charge is 0.415 e. The third kappa shape index (κ3) is 8.25. The molecule has 0 saturated carbocycles. The molecular weight excluding hydrogens is 714 g/mol. The maximum Gasteiger partial charge on any atom is 0.415 e. The fourth-order valence-corrected chi connectivity index (χ4v) is 9.26. The van der Waals surface area contributed by atoms with Crippen LogP contribution in [0.2, 0.25) is 10.0 Å². The Hall–Kier alpha value is -3.32. The van der Waals surface area contributed by atoms with E-state index in [0.717, 1.165) is 23.3 Å². The van der Waals surface area contributed by atoms with Crippen molar-refractivity contribution in [3.63, 3.8) is 0 Å². The van der Waals surface area contributed by atoms with Gasteiger partial charge in [-0.1, -0.05) is 53.5 Å². The Morgan fingerprint density at radius 2 is 1.62 bits per heavy atom. The van der Waals surface area contributed by atoms with Crippen LogP contribution in [0.4, 0.5) is 18.0 Å². The molecule has 0 aromatic heterocycles. The number of ether oxygens (including phenoxy) is 2. The molecule has 8 nitrogen and oxygen atoms in total. The lowest BCUT2D eigenvalue weighted by Gasteiger charge is -2.45. The van der Waals surface area contributed by atoms with Crippen LogP contribution in [-0.4, -0.2) is 84.5 Å². The Balaban J connectivity index is 1.41. The summed E-state index contributed by atoms with van der Waals surface area (Å²) in [6, 6.07) is 19.2. The van der Waals surface area contributed by atoms with Gasteiger partial charge >= 0.3 is 12.3 Å². The molecule has 2 aliphatic rings. The molecule has 1 saturated heterocycles. The molecule has 2 aliphatic heterocycles. The molecule has 2 amide bonds. The predicted octanol–water partition coefficient (Wildman–Crippen LogP) is 7.77. The summed E-state index contributed by atoms with van der Waals surface area (Å²) in [5.74, 6) is 0.187. The lowest BCUT2D eigenvalue weighted by molar-refractivity contribution is -0.161. The zero-order valence-electron chi connectivity index (χ0n) is 28.1. The highest BCUT2D eigenvalue weighted by atomic mass is 35.5. The quantitative estimate of drug-likeness (QED) is 0.199. The van der Waals surface area contributed by atoms with Crippen LogP contribution in [0.3, 0.4) is 0 Å². The maximum absolute atomic E-state index is 13.8. The van der Waals surface area contributed by atoms with Crippen LogP contribution in [0.15, 0.2) is 66.7 Å². The summed E-state index contributed by atoms with van der Waals surface area (Å²) in [5.41, 5.74) is 1.40. The number of halogens is 5. The number of rotatable bonds is 11. The van der Waals surface area contributed by atoms with E-state index in [2.05, 4.69) is 11.0 Å². The molecule has 2 atom stereocenters. The van der Waals surface area contributed by atoms with Gasteiger partial charge in [0.05, 0.1) is 27.4 Å². The number of carbonyl (C=O) groups excluding carboxylic acids is 2. The normalized spacial score (nSPS) is 18.3. The van der Waals surface area contributed by atoms with Crippen molar-refractivity contribution in [1.29, 1.82) is 0 Å². The summed E-state index contributed by atoms with van der Waals surface area (Å²) in [6.45, 7) is 1.72. The number of likely N-dealkylation sites (N-methyl/N-ethyl adjacent to an activating group) is 2. The van der Waals surface area contributed by atoms with Crippen LogP contribution in [0.5, 0.6) is 11.5 Å². The van der Waals surface area contributed by atoms with Gasteiger partial charge in [0, 0.05) is 37.2 Å². The molecule has 0 bridgehead atoms. The highest BCUT2D eigenvalue weighted by Gasteiger charge is 2.47. The minimum absolute atomic E-state index is 0.181. The molecule has 3 aromatic carbocycles. The molecule has 0 aliphatic carbocycles. The summed E-state index contributed by atoms with van der Waals surface area (Å²) >= 11 is 12.7. The van der Waals surface area contributed by atoms with E-state index in [0.29, 0.717) is 43.1 Å². The Morgan fingerprint density at radius 3 is 2.26 bits per heavy atom. The predicted molar refractivity (Wildman–Crippen MR) is 188 cm³/mol. The number of likely N-dealkylation sites (tertiary alicyclic amines) is 1. The van der Waals surface area contributed by atoms with Gasteiger partial charge in [0.15, 0.2) is 0 Å². The van der Waals surface area contributed by atoms with Gasteiger partial charge in [0.2, 0.25) is 5.91 Å². The third-order valence-electron chi connectivity index (χ3n) is 9.87. The number of amides is 2. The van der Waals surface area contributed by atoms with Crippen molar-refractivity contribution in [1.82, 2.24) is 14.7 Å². The number of hydrogen-bond acceptors (Lipinski definition) is 6. The van der Waals surface area contributed by atoms with Crippen molar-refractivity contribution in [2.24, 2.45) is 0 Å². The van der Waals surface area contributed by atoms with E-state index in [9.17, 15) is 27.0 Å². The first-order valence-electron chi connectivity index (χ1n) is 16.2. The molecule has 5 rings (SSSR count). The molecule has 1 spiro atoms. The van der Waals surface area contributed by atoms with E-state index in [1.807, 2.05) is 18.2 Å². The van der Waals surface area contributed by atoms with E-state index >= 15 is 0 Å². The second-order valence-corrected chi connectivity index (χ2v) is 15.5. The van der Waals surface area contributed by atoms with Gasteiger partial charge in [0.25, 0.3) is 0 Å². The number of hydrogen-bond donors (Lipinski definition) is 0. The molecule has 2 heterocycles. The Morgan fingerprint density at radius 1 is 0.960 bits per heavy atom. The lowest BCUT2D eigenvalue weighted by Crippen LogP contribution is -2.55. The van der Waals surface area contributed by atoms with Gasteiger partial charge in [-0.3, -0.25) is 13.9 Å². The second kappa shape index (κ2) is 15.5. The summed E-state index contributed by atoms with van der Waals surface area (Å²) in [5, 5.41) is 0.434. The molecule has 0 radical (unpaired) electrons. The van der Waals surface area contributed by atoms with Gasteiger partial charge in [-0.25, -0.2) is 4.79 Å². The average molecular weight is 755 g/mol. The van der Waals surface area contributed by atoms with Gasteiger partial charge < -0.3 is 19.3 Å². The van der Waals surface area contributed by atoms with E-state index < -0.39 is 40.9 Å². The Labute approximate surface area is 302 Å². The molecule has 1 unspecified atom stereocenters. The van der Waals surface area contributed by atoms with Gasteiger partial charge in [0.1, 0.15) is 17.9 Å². The van der Waals surface area contributed by atoms with Crippen LogP contribution in [-0.2, 0) is 31.6 Å². The minimum atomic E-state index is -4.72. The highest BCUT2D eigenvalue weighted by molar-refractivity contribution is 7.85. The fraction of sp³-hybridized carbons (Fsp3) is 0.444. The zero-order valence-corrected chi connectivity index (χ0v) is 30.4. The molecule has 0 N–H and O–H groups in total. The highest BCUT2D eigenvalue weighted by Crippen LogP contribution is 2.47. The molecular formula is C36H40Cl2F3N3O5S. The number of piperidine rings is 1. The van der Waals surface area contributed by atoms with Crippen molar-refractivity contribution in [2.45, 2.75) is 54.3 Å². The zero-order chi connectivity index (χ0) is 36.3. The average Bonchev–Trinajstić information content (AvgIpc) is 3.35. The van der Waals surface area contributed by atoms with Crippen LogP contribution in [0.1, 0.15) is 48.8 Å². The van der Waals surface area contributed by atoms with Gasteiger partial charge in [-0.2, -0.15) is 13.2 Å². The molecule has 3 aromatic rings. The summed E-state index contributed by atoms with van der Waals surface area (Å²) in [6.07, 6.45) is -4.96. The number of carbonyl (C=O) groups is 2. The number of fused-ring (bicyclic) bond motifs is 2. The van der Waals surface area contributed by atoms with E-state index in [-0.39, 0.29) is 33.5 Å². The fourth-order valence-electron chi connectivity index (χ4n) is 7.07. The van der Waals surface area contributed by atoms with Crippen molar-refractivity contribution in [2.75, 3.05) is 47.4 Å². The van der Waals surface area contributed by atoms with Crippen LogP contribution >= 0.6 is 23.2 Å². The van der Waals surface area contributed by atoms with E-state index in [1.54, 1.807) is 42.5 Å². The first-order valence-corrected chi connectivity index (χ1v) is 18.3.